The van der Waals surface area contributed by atoms with E-state index in [2.05, 4.69) is 28.6 Å². The van der Waals surface area contributed by atoms with E-state index in [1.165, 1.54) is 0 Å². The monoisotopic (exact) mass is 229 g/mol. The molecular formula is C8H6BrOS. The molecule has 1 atom stereocenters. The van der Waals surface area contributed by atoms with Crippen LogP contribution < -0.4 is 0 Å². The van der Waals surface area contributed by atoms with Gasteiger partial charge in [0.2, 0.25) is 6.29 Å². The van der Waals surface area contributed by atoms with Gasteiger partial charge in [-0.2, -0.15) is 12.6 Å². The van der Waals surface area contributed by atoms with Crippen LogP contribution in [0.3, 0.4) is 0 Å². The molecule has 1 rings (SSSR count). The summed E-state index contributed by atoms with van der Waals surface area (Å²) in [7, 11) is 0. The minimum Gasteiger partial charge on any atom is -0.289 e. The van der Waals surface area contributed by atoms with Crippen LogP contribution in [0, 0.1) is 0 Å². The molecule has 0 aliphatic rings. The van der Waals surface area contributed by atoms with E-state index in [0.29, 0.717) is 0 Å². The quantitative estimate of drug-likeness (QED) is 0.772. The summed E-state index contributed by atoms with van der Waals surface area (Å²) in [6.45, 7) is 0. The zero-order chi connectivity index (χ0) is 8.27. The maximum Gasteiger partial charge on any atom is 0.217 e. The summed E-state index contributed by atoms with van der Waals surface area (Å²) in [5.74, 6) is 0. The number of hydrogen-bond acceptors (Lipinski definition) is 2. The molecular weight excluding hydrogens is 224 g/mol. The first kappa shape index (κ1) is 8.81. The van der Waals surface area contributed by atoms with Crippen molar-refractivity contribution in [3.8, 4) is 0 Å². The number of halogens is 1. The molecule has 0 saturated carbocycles. The topological polar surface area (TPSA) is 17.1 Å². The lowest BCUT2D eigenvalue weighted by atomic mass is 10.2. The van der Waals surface area contributed by atoms with Gasteiger partial charge in [-0.15, -0.1) is 0 Å². The van der Waals surface area contributed by atoms with Crippen LogP contribution in [-0.2, 0) is 4.79 Å². The Morgan fingerprint density at radius 1 is 1.45 bits per heavy atom. The standard InChI is InChI=1S/C8H6BrOS/c9-7-4-2-1-3-6(7)8(11)5-10/h1-4,8,11H. The molecule has 0 bridgehead atoms. The smallest absolute Gasteiger partial charge is 0.217 e. The molecule has 0 fully saturated rings. The Kier molecular flexibility index (Phi) is 3.15. The van der Waals surface area contributed by atoms with Crippen LogP contribution in [0.15, 0.2) is 28.7 Å². The maximum atomic E-state index is 10.2. The molecule has 1 unspecified atom stereocenters. The zero-order valence-corrected chi connectivity index (χ0v) is 8.10. The molecule has 0 heterocycles. The van der Waals surface area contributed by atoms with E-state index < -0.39 is 5.25 Å². The summed E-state index contributed by atoms with van der Waals surface area (Å²) in [6, 6.07) is 7.46. The molecule has 0 amide bonds. The highest BCUT2D eigenvalue weighted by Gasteiger charge is 2.07. The van der Waals surface area contributed by atoms with Crippen LogP contribution in [0.5, 0.6) is 0 Å². The highest BCUT2D eigenvalue weighted by atomic mass is 79.9. The van der Waals surface area contributed by atoms with Gasteiger partial charge in [0, 0.05) is 4.47 Å². The number of carbonyl (C=O) groups excluding carboxylic acids is 1. The van der Waals surface area contributed by atoms with Gasteiger partial charge in [-0.3, -0.25) is 4.79 Å². The van der Waals surface area contributed by atoms with Gasteiger partial charge in [0.25, 0.3) is 0 Å². The molecule has 0 aliphatic carbocycles. The van der Waals surface area contributed by atoms with Gasteiger partial charge in [-0.25, -0.2) is 0 Å². The molecule has 0 aromatic heterocycles. The molecule has 1 nitrogen and oxygen atoms in total. The predicted octanol–water partition coefficient (Wildman–Crippen LogP) is 2.53. The van der Waals surface area contributed by atoms with E-state index >= 15 is 0 Å². The van der Waals surface area contributed by atoms with Crippen molar-refractivity contribution in [2.24, 2.45) is 0 Å². The average Bonchev–Trinajstić information content (AvgIpc) is 2.04. The lowest BCUT2D eigenvalue weighted by Gasteiger charge is -2.03. The van der Waals surface area contributed by atoms with Crippen molar-refractivity contribution in [3.63, 3.8) is 0 Å². The highest BCUT2D eigenvalue weighted by molar-refractivity contribution is 9.10. The van der Waals surface area contributed by atoms with Gasteiger partial charge in [-0.05, 0) is 11.6 Å². The fourth-order valence-electron chi connectivity index (χ4n) is 0.760. The summed E-state index contributed by atoms with van der Waals surface area (Å²) >= 11 is 7.35. The van der Waals surface area contributed by atoms with Gasteiger partial charge in [0.05, 0.1) is 5.25 Å². The molecule has 0 saturated heterocycles. The third-order valence-electron chi connectivity index (χ3n) is 1.31. The third-order valence-corrected chi connectivity index (χ3v) is 2.42. The van der Waals surface area contributed by atoms with E-state index in [9.17, 15) is 4.79 Å². The van der Waals surface area contributed by atoms with Crippen molar-refractivity contribution in [2.45, 2.75) is 5.25 Å². The van der Waals surface area contributed by atoms with Gasteiger partial charge in [0.15, 0.2) is 0 Å². The van der Waals surface area contributed by atoms with Gasteiger partial charge < -0.3 is 0 Å². The predicted molar refractivity (Wildman–Crippen MR) is 51.6 cm³/mol. The second-order valence-electron chi connectivity index (χ2n) is 2.04. The molecule has 1 aromatic rings. The first-order chi connectivity index (χ1) is 5.25. The second kappa shape index (κ2) is 3.93. The summed E-state index contributed by atoms with van der Waals surface area (Å²) in [5.41, 5.74) is 0.853. The van der Waals surface area contributed by atoms with Crippen molar-refractivity contribution in [3.05, 3.63) is 34.3 Å². The third kappa shape index (κ3) is 2.07. The average molecular weight is 230 g/mol. The minimum absolute atomic E-state index is 0.453. The Morgan fingerprint density at radius 3 is 2.64 bits per heavy atom. The number of thiol groups is 1. The van der Waals surface area contributed by atoms with Crippen LogP contribution in [0.25, 0.3) is 0 Å². The summed E-state index contributed by atoms with van der Waals surface area (Å²) in [4.78, 5) is 10.2. The molecule has 57 valence electrons. The number of rotatable bonds is 2. The van der Waals surface area contributed by atoms with Crippen molar-refractivity contribution in [1.29, 1.82) is 0 Å². The molecule has 0 N–H and O–H groups in total. The van der Waals surface area contributed by atoms with Crippen molar-refractivity contribution >= 4 is 34.8 Å². The Morgan fingerprint density at radius 2 is 2.09 bits per heavy atom. The Labute approximate surface area is 79.3 Å². The van der Waals surface area contributed by atoms with Gasteiger partial charge >= 0.3 is 0 Å². The molecule has 1 radical (unpaired) electrons. The lowest BCUT2D eigenvalue weighted by molar-refractivity contribution is 0.554. The normalized spacial score (nSPS) is 12.5. The molecule has 1 aromatic carbocycles. The fourth-order valence-corrected chi connectivity index (χ4v) is 1.68. The number of benzene rings is 1. The summed E-state index contributed by atoms with van der Waals surface area (Å²) in [5, 5.41) is -0.453. The van der Waals surface area contributed by atoms with E-state index in [4.69, 9.17) is 0 Å². The van der Waals surface area contributed by atoms with Crippen LogP contribution in [0.1, 0.15) is 10.8 Å². The van der Waals surface area contributed by atoms with Crippen molar-refractivity contribution < 1.29 is 4.79 Å². The fraction of sp³-hybridized carbons (Fsp3) is 0.125. The molecule has 11 heavy (non-hydrogen) atoms. The largest absolute Gasteiger partial charge is 0.289 e. The van der Waals surface area contributed by atoms with E-state index in [-0.39, 0.29) is 0 Å². The Bertz CT molecular complexity index is 262. The van der Waals surface area contributed by atoms with Crippen molar-refractivity contribution in [2.75, 3.05) is 0 Å². The molecule has 0 spiro atoms. The summed E-state index contributed by atoms with van der Waals surface area (Å²) < 4.78 is 0.892. The second-order valence-corrected chi connectivity index (χ2v) is 3.41. The maximum absolute atomic E-state index is 10.2. The first-order valence-electron chi connectivity index (χ1n) is 3.06. The summed E-state index contributed by atoms with van der Waals surface area (Å²) in [6.07, 6.45) is 1.81. The van der Waals surface area contributed by atoms with Crippen molar-refractivity contribution in [1.82, 2.24) is 0 Å². The lowest BCUT2D eigenvalue weighted by Crippen LogP contribution is -1.91. The van der Waals surface area contributed by atoms with Crippen LogP contribution in [0.2, 0.25) is 0 Å². The minimum atomic E-state index is -0.453. The van der Waals surface area contributed by atoms with Crippen LogP contribution in [0.4, 0.5) is 0 Å². The number of hydrogen-bond donors (Lipinski definition) is 1. The SMILES string of the molecule is O=[C]C(S)c1ccccc1Br. The Balaban J connectivity index is 3.02. The van der Waals surface area contributed by atoms with Gasteiger partial charge in [-0.1, -0.05) is 34.1 Å². The molecule has 0 aliphatic heterocycles. The van der Waals surface area contributed by atoms with E-state index in [1.807, 2.05) is 24.3 Å². The van der Waals surface area contributed by atoms with E-state index in [0.717, 1.165) is 10.0 Å². The zero-order valence-electron chi connectivity index (χ0n) is 5.62. The Hall–Kier alpha value is -0.280. The van der Waals surface area contributed by atoms with Crippen LogP contribution >= 0.6 is 28.6 Å². The molecule has 3 heteroatoms. The first-order valence-corrected chi connectivity index (χ1v) is 4.37. The highest BCUT2D eigenvalue weighted by Crippen LogP contribution is 2.25. The van der Waals surface area contributed by atoms with Crippen LogP contribution in [-0.4, -0.2) is 6.29 Å². The van der Waals surface area contributed by atoms with Gasteiger partial charge in [0.1, 0.15) is 0 Å². The van der Waals surface area contributed by atoms with E-state index in [1.54, 1.807) is 6.29 Å².